The van der Waals surface area contributed by atoms with Gasteiger partial charge in [-0.05, 0) is 39.2 Å². The SMILES string of the molecule is C=CCNC(=O)CN1CCC[C@H](CNS(=O)(=O)C(C)C)C1. The smallest absolute Gasteiger partial charge is 0.234 e. The molecular formula is C14H27N3O3S. The van der Waals surface area contributed by atoms with Crippen molar-refractivity contribution in [1.29, 1.82) is 0 Å². The van der Waals surface area contributed by atoms with Crippen LogP contribution in [-0.4, -0.2) is 57.2 Å². The number of likely N-dealkylation sites (tertiary alicyclic amines) is 1. The maximum absolute atomic E-state index is 11.8. The molecule has 1 fully saturated rings. The normalized spacial score (nSPS) is 20.4. The zero-order valence-electron chi connectivity index (χ0n) is 13.0. The Morgan fingerprint density at radius 3 is 2.81 bits per heavy atom. The number of rotatable bonds is 8. The van der Waals surface area contributed by atoms with Gasteiger partial charge in [-0.2, -0.15) is 0 Å². The monoisotopic (exact) mass is 317 g/mol. The number of hydrogen-bond acceptors (Lipinski definition) is 4. The first-order valence-corrected chi connectivity index (χ1v) is 8.98. The van der Waals surface area contributed by atoms with Crippen LogP contribution in [0, 0.1) is 5.92 Å². The van der Waals surface area contributed by atoms with E-state index in [1.165, 1.54) is 0 Å². The van der Waals surface area contributed by atoms with Crippen molar-refractivity contribution in [2.45, 2.75) is 31.9 Å². The summed E-state index contributed by atoms with van der Waals surface area (Å²) in [6, 6.07) is 0. The molecule has 7 heteroatoms. The third-order valence-electron chi connectivity index (χ3n) is 3.61. The summed E-state index contributed by atoms with van der Waals surface area (Å²) in [5, 5.41) is 2.34. The molecule has 1 saturated heterocycles. The van der Waals surface area contributed by atoms with Gasteiger partial charge in [0.15, 0.2) is 0 Å². The van der Waals surface area contributed by atoms with E-state index in [-0.39, 0.29) is 11.8 Å². The summed E-state index contributed by atoms with van der Waals surface area (Å²) in [7, 11) is -3.21. The Morgan fingerprint density at radius 2 is 2.19 bits per heavy atom. The molecule has 0 saturated carbocycles. The number of nitrogens with zero attached hydrogens (tertiary/aromatic N) is 1. The third kappa shape index (κ3) is 6.58. The van der Waals surface area contributed by atoms with Crippen molar-refractivity contribution in [2.24, 2.45) is 5.92 Å². The van der Waals surface area contributed by atoms with E-state index in [0.29, 0.717) is 19.6 Å². The molecule has 1 rings (SSSR count). The molecular weight excluding hydrogens is 290 g/mol. The lowest BCUT2D eigenvalue weighted by molar-refractivity contribution is -0.122. The lowest BCUT2D eigenvalue weighted by atomic mass is 9.98. The highest BCUT2D eigenvalue weighted by Crippen LogP contribution is 2.16. The van der Waals surface area contributed by atoms with Gasteiger partial charge in [-0.1, -0.05) is 6.08 Å². The fourth-order valence-corrected chi connectivity index (χ4v) is 3.11. The minimum Gasteiger partial charge on any atom is -0.352 e. The molecule has 0 aromatic heterocycles. The number of sulfonamides is 1. The number of carbonyl (C=O) groups excluding carboxylic acids is 1. The summed E-state index contributed by atoms with van der Waals surface area (Å²) in [6.07, 6.45) is 3.63. The van der Waals surface area contributed by atoms with E-state index in [1.807, 2.05) is 0 Å². The van der Waals surface area contributed by atoms with Crippen molar-refractivity contribution >= 4 is 15.9 Å². The van der Waals surface area contributed by atoms with Gasteiger partial charge in [-0.15, -0.1) is 6.58 Å². The average Bonchev–Trinajstić information content (AvgIpc) is 2.43. The van der Waals surface area contributed by atoms with Crippen LogP contribution >= 0.6 is 0 Å². The summed E-state index contributed by atoms with van der Waals surface area (Å²) in [6.45, 7) is 9.82. The van der Waals surface area contributed by atoms with E-state index in [4.69, 9.17) is 0 Å². The minimum absolute atomic E-state index is 0.0155. The quantitative estimate of drug-likeness (QED) is 0.632. The van der Waals surface area contributed by atoms with Gasteiger partial charge < -0.3 is 5.32 Å². The molecule has 6 nitrogen and oxygen atoms in total. The zero-order valence-corrected chi connectivity index (χ0v) is 13.8. The first-order chi connectivity index (χ1) is 9.85. The first-order valence-electron chi connectivity index (χ1n) is 7.43. The number of hydrogen-bond donors (Lipinski definition) is 2. The first kappa shape index (κ1) is 18.1. The average molecular weight is 317 g/mol. The summed E-state index contributed by atoms with van der Waals surface area (Å²) in [5.41, 5.74) is 0. The molecule has 0 radical (unpaired) electrons. The second-order valence-electron chi connectivity index (χ2n) is 5.78. The van der Waals surface area contributed by atoms with Crippen LogP contribution in [0.15, 0.2) is 12.7 Å². The largest absolute Gasteiger partial charge is 0.352 e. The maximum atomic E-state index is 11.8. The fraction of sp³-hybridized carbons (Fsp3) is 0.786. The number of amides is 1. The van der Waals surface area contributed by atoms with E-state index in [2.05, 4.69) is 21.5 Å². The Bertz CT molecular complexity index is 448. The van der Waals surface area contributed by atoms with Crippen molar-refractivity contribution < 1.29 is 13.2 Å². The van der Waals surface area contributed by atoms with Gasteiger partial charge in [0.1, 0.15) is 0 Å². The van der Waals surface area contributed by atoms with Crippen molar-refractivity contribution in [1.82, 2.24) is 14.9 Å². The van der Waals surface area contributed by atoms with E-state index < -0.39 is 15.3 Å². The minimum atomic E-state index is -3.21. The van der Waals surface area contributed by atoms with Crippen LogP contribution in [-0.2, 0) is 14.8 Å². The molecule has 0 aromatic rings. The Balaban J connectivity index is 2.38. The number of carbonyl (C=O) groups is 1. The van der Waals surface area contributed by atoms with Crippen LogP contribution in [0.25, 0.3) is 0 Å². The standard InChI is InChI=1S/C14H27N3O3S/c1-4-7-15-14(18)11-17-8-5-6-13(10-17)9-16-21(19,20)12(2)3/h4,12-13,16H,1,5-11H2,2-3H3,(H,15,18)/t13-/m1/s1. The molecule has 21 heavy (non-hydrogen) atoms. The van der Waals surface area contributed by atoms with Gasteiger partial charge in [0.2, 0.25) is 15.9 Å². The van der Waals surface area contributed by atoms with Gasteiger partial charge in [-0.25, -0.2) is 13.1 Å². The van der Waals surface area contributed by atoms with Crippen LogP contribution in [0.3, 0.4) is 0 Å². The molecule has 1 heterocycles. The van der Waals surface area contributed by atoms with Crippen LogP contribution in [0.5, 0.6) is 0 Å². The molecule has 0 unspecified atom stereocenters. The molecule has 1 atom stereocenters. The maximum Gasteiger partial charge on any atom is 0.234 e. The molecule has 0 aliphatic carbocycles. The summed E-state index contributed by atoms with van der Waals surface area (Å²) < 4.78 is 26.2. The predicted octanol–water partition coefficient (Wildman–Crippen LogP) is 0.328. The Hall–Kier alpha value is -0.920. The van der Waals surface area contributed by atoms with Crippen molar-refractivity contribution in [3.63, 3.8) is 0 Å². The molecule has 0 bridgehead atoms. The lowest BCUT2D eigenvalue weighted by Gasteiger charge is -2.32. The molecule has 122 valence electrons. The van der Waals surface area contributed by atoms with Crippen LogP contribution < -0.4 is 10.0 Å². The van der Waals surface area contributed by atoms with E-state index in [0.717, 1.165) is 25.9 Å². The number of nitrogens with one attached hydrogen (secondary N) is 2. The zero-order chi connectivity index (χ0) is 15.9. The topological polar surface area (TPSA) is 78.5 Å². The van der Waals surface area contributed by atoms with Crippen LogP contribution in [0.2, 0.25) is 0 Å². The van der Waals surface area contributed by atoms with Gasteiger partial charge >= 0.3 is 0 Å². The fourth-order valence-electron chi connectivity index (χ4n) is 2.31. The van der Waals surface area contributed by atoms with E-state index in [9.17, 15) is 13.2 Å². The highest BCUT2D eigenvalue weighted by atomic mass is 32.2. The third-order valence-corrected chi connectivity index (χ3v) is 5.42. The van der Waals surface area contributed by atoms with E-state index in [1.54, 1.807) is 19.9 Å². The second-order valence-corrected chi connectivity index (χ2v) is 8.10. The Kier molecular flexibility index (Phi) is 7.34. The molecule has 0 spiro atoms. The van der Waals surface area contributed by atoms with Gasteiger partial charge in [-0.3, -0.25) is 9.69 Å². The molecule has 1 aliphatic heterocycles. The highest BCUT2D eigenvalue weighted by molar-refractivity contribution is 7.90. The summed E-state index contributed by atoms with van der Waals surface area (Å²) in [5.74, 6) is 0.248. The van der Waals surface area contributed by atoms with Crippen molar-refractivity contribution in [2.75, 3.05) is 32.7 Å². The predicted molar refractivity (Wildman–Crippen MR) is 84.4 cm³/mol. The highest BCUT2D eigenvalue weighted by Gasteiger charge is 2.23. The second kappa shape index (κ2) is 8.51. The van der Waals surface area contributed by atoms with Gasteiger partial charge in [0.05, 0.1) is 11.8 Å². The number of piperidine rings is 1. The molecule has 1 aliphatic rings. The van der Waals surface area contributed by atoms with Gasteiger partial charge in [0.25, 0.3) is 0 Å². The lowest BCUT2D eigenvalue weighted by Crippen LogP contribution is -2.45. The Labute approximate surface area is 128 Å². The van der Waals surface area contributed by atoms with Crippen molar-refractivity contribution in [3.05, 3.63) is 12.7 Å². The van der Waals surface area contributed by atoms with Gasteiger partial charge in [0, 0.05) is 19.6 Å². The molecule has 0 aromatic carbocycles. The van der Waals surface area contributed by atoms with Crippen LogP contribution in [0.4, 0.5) is 0 Å². The van der Waals surface area contributed by atoms with Crippen molar-refractivity contribution in [3.8, 4) is 0 Å². The summed E-state index contributed by atoms with van der Waals surface area (Å²) >= 11 is 0. The molecule has 1 amide bonds. The Morgan fingerprint density at radius 1 is 1.48 bits per heavy atom. The van der Waals surface area contributed by atoms with Crippen LogP contribution in [0.1, 0.15) is 26.7 Å². The molecule has 2 N–H and O–H groups in total. The van der Waals surface area contributed by atoms with E-state index >= 15 is 0 Å². The summed E-state index contributed by atoms with van der Waals surface area (Å²) in [4.78, 5) is 13.8.